The SMILES string of the molecule is Cc1cccc(-c2cccc(CNC(=O)c3ccccc3OCc3noc(C)n3)c2)c1. The number of hydrogen-bond donors (Lipinski definition) is 1. The maximum atomic E-state index is 12.8. The van der Waals surface area contributed by atoms with Gasteiger partial charge in [0.15, 0.2) is 6.61 Å². The van der Waals surface area contributed by atoms with E-state index in [1.807, 2.05) is 24.3 Å². The Hall–Kier alpha value is -3.93. The van der Waals surface area contributed by atoms with Crippen molar-refractivity contribution in [3.63, 3.8) is 0 Å². The van der Waals surface area contributed by atoms with Gasteiger partial charge < -0.3 is 14.6 Å². The molecule has 6 nitrogen and oxygen atoms in total. The summed E-state index contributed by atoms with van der Waals surface area (Å²) in [6.07, 6.45) is 0. The first kappa shape index (κ1) is 20.3. The van der Waals surface area contributed by atoms with Crippen molar-refractivity contribution in [3.8, 4) is 16.9 Å². The number of carbonyl (C=O) groups excluding carboxylic acids is 1. The van der Waals surface area contributed by atoms with Gasteiger partial charge in [0.1, 0.15) is 5.75 Å². The van der Waals surface area contributed by atoms with Crippen LogP contribution in [-0.4, -0.2) is 16.0 Å². The van der Waals surface area contributed by atoms with Crippen LogP contribution in [0.15, 0.2) is 77.3 Å². The van der Waals surface area contributed by atoms with E-state index in [1.54, 1.807) is 25.1 Å². The molecule has 6 heteroatoms. The lowest BCUT2D eigenvalue weighted by atomic mass is 10.0. The second-order valence-electron chi connectivity index (χ2n) is 7.27. The van der Waals surface area contributed by atoms with E-state index in [1.165, 1.54) is 5.56 Å². The van der Waals surface area contributed by atoms with E-state index < -0.39 is 0 Å². The minimum atomic E-state index is -0.208. The van der Waals surface area contributed by atoms with Crippen LogP contribution in [0.5, 0.6) is 5.75 Å². The molecule has 0 aliphatic heterocycles. The van der Waals surface area contributed by atoms with Crippen LogP contribution in [0, 0.1) is 13.8 Å². The van der Waals surface area contributed by atoms with Crippen LogP contribution in [0.2, 0.25) is 0 Å². The zero-order chi connectivity index (χ0) is 21.6. The van der Waals surface area contributed by atoms with E-state index in [0.29, 0.717) is 29.6 Å². The number of aromatic nitrogens is 2. The summed E-state index contributed by atoms with van der Waals surface area (Å²) in [4.78, 5) is 16.9. The summed E-state index contributed by atoms with van der Waals surface area (Å²) in [5, 5.41) is 6.79. The van der Waals surface area contributed by atoms with Crippen molar-refractivity contribution in [2.45, 2.75) is 27.0 Å². The van der Waals surface area contributed by atoms with E-state index in [-0.39, 0.29) is 12.5 Å². The molecule has 1 heterocycles. The summed E-state index contributed by atoms with van der Waals surface area (Å²) in [7, 11) is 0. The molecule has 156 valence electrons. The number of hydrogen-bond acceptors (Lipinski definition) is 5. The topological polar surface area (TPSA) is 77.2 Å². The van der Waals surface area contributed by atoms with Gasteiger partial charge in [-0.15, -0.1) is 0 Å². The molecule has 0 bridgehead atoms. The van der Waals surface area contributed by atoms with Crippen LogP contribution in [0.25, 0.3) is 11.1 Å². The predicted octanol–water partition coefficient (Wildman–Crippen LogP) is 4.86. The average Bonchev–Trinajstić information content (AvgIpc) is 3.21. The van der Waals surface area contributed by atoms with Crippen LogP contribution in [-0.2, 0) is 13.2 Å². The van der Waals surface area contributed by atoms with Gasteiger partial charge in [-0.3, -0.25) is 4.79 Å². The summed E-state index contributed by atoms with van der Waals surface area (Å²) in [6, 6.07) is 23.6. The largest absolute Gasteiger partial charge is 0.485 e. The molecule has 1 amide bonds. The van der Waals surface area contributed by atoms with Crippen molar-refractivity contribution in [2.24, 2.45) is 0 Å². The third kappa shape index (κ3) is 5.17. The Morgan fingerprint density at radius 1 is 0.968 bits per heavy atom. The highest BCUT2D eigenvalue weighted by molar-refractivity contribution is 5.96. The second-order valence-corrected chi connectivity index (χ2v) is 7.27. The van der Waals surface area contributed by atoms with Gasteiger partial charge in [0.2, 0.25) is 11.7 Å². The first-order valence-corrected chi connectivity index (χ1v) is 10.0. The Kier molecular flexibility index (Phi) is 6.08. The van der Waals surface area contributed by atoms with Gasteiger partial charge in [0.25, 0.3) is 5.91 Å². The lowest BCUT2D eigenvalue weighted by Crippen LogP contribution is -2.23. The molecule has 4 aromatic rings. The van der Waals surface area contributed by atoms with Crippen molar-refractivity contribution in [1.29, 1.82) is 0 Å². The number of rotatable bonds is 7. The van der Waals surface area contributed by atoms with Gasteiger partial charge in [0, 0.05) is 13.5 Å². The quantitative estimate of drug-likeness (QED) is 0.468. The van der Waals surface area contributed by atoms with E-state index >= 15 is 0 Å². The van der Waals surface area contributed by atoms with Gasteiger partial charge >= 0.3 is 0 Å². The number of amides is 1. The molecule has 0 saturated heterocycles. The average molecular weight is 413 g/mol. The Balaban J connectivity index is 1.43. The van der Waals surface area contributed by atoms with E-state index in [2.05, 4.69) is 52.7 Å². The highest BCUT2D eigenvalue weighted by Crippen LogP contribution is 2.22. The first-order valence-electron chi connectivity index (χ1n) is 10.0. The van der Waals surface area contributed by atoms with Crippen molar-refractivity contribution < 1.29 is 14.1 Å². The number of aryl methyl sites for hydroxylation is 2. The molecule has 31 heavy (non-hydrogen) atoms. The first-order chi connectivity index (χ1) is 15.1. The summed E-state index contributed by atoms with van der Waals surface area (Å²) in [5.74, 6) is 1.16. The molecule has 1 aromatic heterocycles. The minimum Gasteiger partial charge on any atom is -0.485 e. The lowest BCUT2D eigenvalue weighted by Gasteiger charge is -2.11. The molecule has 0 fully saturated rings. The zero-order valence-corrected chi connectivity index (χ0v) is 17.5. The molecule has 3 aromatic carbocycles. The van der Waals surface area contributed by atoms with Crippen LogP contribution in [0.3, 0.4) is 0 Å². The maximum Gasteiger partial charge on any atom is 0.255 e. The zero-order valence-electron chi connectivity index (χ0n) is 17.5. The molecule has 1 N–H and O–H groups in total. The Morgan fingerprint density at radius 3 is 2.52 bits per heavy atom. The Labute approximate surface area is 180 Å². The van der Waals surface area contributed by atoms with Gasteiger partial charge in [-0.25, -0.2) is 0 Å². The molecule has 0 unspecified atom stereocenters. The normalized spacial score (nSPS) is 10.6. The molecular formula is C25H23N3O3. The van der Waals surface area contributed by atoms with Crippen LogP contribution < -0.4 is 10.1 Å². The molecule has 0 spiro atoms. The summed E-state index contributed by atoms with van der Waals surface area (Å²) in [5.41, 5.74) is 4.97. The number of ether oxygens (including phenoxy) is 1. The molecule has 0 aliphatic rings. The lowest BCUT2D eigenvalue weighted by molar-refractivity contribution is 0.0946. The highest BCUT2D eigenvalue weighted by Gasteiger charge is 2.13. The summed E-state index contributed by atoms with van der Waals surface area (Å²) < 4.78 is 10.7. The van der Waals surface area contributed by atoms with Crippen molar-refractivity contribution in [1.82, 2.24) is 15.5 Å². The molecule has 0 atom stereocenters. The minimum absolute atomic E-state index is 0.125. The van der Waals surface area contributed by atoms with Gasteiger partial charge in [-0.05, 0) is 41.8 Å². The maximum absolute atomic E-state index is 12.8. The predicted molar refractivity (Wildman–Crippen MR) is 118 cm³/mol. The van der Waals surface area contributed by atoms with Crippen LogP contribution >= 0.6 is 0 Å². The summed E-state index contributed by atoms with van der Waals surface area (Å²) in [6.45, 7) is 4.33. The van der Waals surface area contributed by atoms with E-state index in [9.17, 15) is 4.79 Å². The molecular weight excluding hydrogens is 390 g/mol. The number of carbonyl (C=O) groups is 1. The van der Waals surface area contributed by atoms with Crippen molar-refractivity contribution in [2.75, 3.05) is 0 Å². The van der Waals surface area contributed by atoms with Gasteiger partial charge in [0.05, 0.1) is 5.56 Å². The fourth-order valence-electron chi connectivity index (χ4n) is 3.29. The smallest absolute Gasteiger partial charge is 0.255 e. The summed E-state index contributed by atoms with van der Waals surface area (Å²) >= 11 is 0. The Morgan fingerprint density at radius 2 is 1.74 bits per heavy atom. The van der Waals surface area contributed by atoms with Crippen molar-refractivity contribution in [3.05, 3.63) is 101 Å². The standard InChI is InChI=1S/C25H23N3O3/c1-17-7-5-9-20(13-17)21-10-6-8-19(14-21)15-26-25(29)22-11-3-4-12-23(22)30-16-24-27-18(2)31-28-24/h3-14H,15-16H2,1-2H3,(H,26,29). The van der Waals surface area contributed by atoms with E-state index in [4.69, 9.17) is 9.26 Å². The van der Waals surface area contributed by atoms with E-state index in [0.717, 1.165) is 16.7 Å². The third-order valence-electron chi connectivity index (χ3n) is 4.79. The number of benzene rings is 3. The van der Waals surface area contributed by atoms with Crippen LogP contribution in [0.4, 0.5) is 0 Å². The number of nitrogens with one attached hydrogen (secondary N) is 1. The number of nitrogens with zero attached hydrogens (tertiary/aromatic N) is 2. The second kappa shape index (κ2) is 9.26. The van der Waals surface area contributed by atoms with Gasteiger partial charge in [-0.1, -0.05) is 65.3 Å². The molecule has 4 rings (SSSR count). The van der Waals surface area contributed by atoms with Crippen LogP contribution in [0.1, 0.15) is 33.2 Å². The highest BCUT2D eigenvalue weighted by atomic mass is 16.5. The fraction of sp³-hybridized carbons (Fsp3) is 0.160. The monoisotopic (exact) mass is 413 g/mol. The Bertz CT molecular complexity index is 1200. The van der Waals surface area contributed by atoms with Crippen molar-refractivity contribution >= 4 is 5.91 Å². The molecule has 0 aliphatic carbocycles. The third-order valence-corrected chi connectivity index (χ3v) is 4.79. The fourth-order valence-corrected chi connectivity index (χ4v) is 3.29. The van der Waals surface area contributed by atoms with Gasteiger partial charge in [-0.2, -0.15) is 4.98 Å². The molecule has 0 radical (unpaired) electrons. The molecule has 0 saturated carbocycles. The number of para-hydroxylation sites is 1.